The summed E-state index contributed by atoms with van der Waals surface area (Å²) in [5.74, 6) is 0. The molecule has 0 saturated carbocycles. The van der Waals surface area contributed by atoms with Crippen molar-refractivity contribution in [2.75, 3.05) is 0 Å². The molecular weight excluding hydrogens is 254 g/mol. The number of pyridine rings is 1. The Morgan fingerprint density at radius 1 is 1.46 bits per heavy atom. The van der Waals surface area contributed by atoms with Gasteiger partial charge >= 0.3 is 4.87 Å². The Morgan fingerprint density at radius 3 is 2.85 bits per heavy atom. The van der Waals surface area contributed by atoms with Crippen molar-refractivity contribution in [3.05, 3.63) is 32.6 Å². The highest BCUT2D eigenvalue weighted by molar-refractivity contribution is 9.10. The van der Waals surface area contributed by atoms with E-state index in [1.54, 1.807) is 12.3 Å². The van der Waals surface area contributed by atoms with Crippen LogP contribution in [0.4, 0.5) is 0 Å². The van der Waals surface area contributed by atoms with Gasteiger partial charge in [0, 0.05) is 11.8 Å². The Bertz CT molecular complexity index is 461. The lowest BCUT2D eigenvalue weighted by Crippen LogP contribution is -1.90. The molecule has 0 fully saturated rings. The molecule has 4 nitrogen and oxygen atoms in total. The van der Waals surface area contributed by atoms with E-state index in [0.29, 0.717) is 5.01 Å². The number of H-pyrrole nitrogens is 1. The number of nitrogens with zero attached hydrogens (tertiary/aromatic N) is 2. The first-order chi connectivity index (χ1) is 6.25. The largest absolute Gasteiger partial charge is 0.322 e. The summed E-state index contributed by atoms with van der Waals surface area (Å²) < 4.78 is 0.763. The number of nitrogens with one attached hydrogen (secondary N) is 1. The lowest BCUT2D eigenvalue weighted by molar-refractivity contribution is 1.06. The Morgan fingerprint density at radius 2 is 2.31 bits per heavy atom. The van der Waals surface area contributed by atoms with Crippen LogP contribution >= 0.6 is 27.3 Å². The predicted molar refractivity (Wildman–Crippen MR) is 53.7 cm³/mol. The second-order valence-electron chi connectivity index (χ2n) is 2.29. The molecule has 0 aliphatic rings. The lowest BCUT2D eigenvalue weighted by Gasteiger charge is -1.92. The van der Waals surface area contributed by atoms with Gasteiger partial charge in [-0.15, -0.1) is 0 Å². The Balaban J connectivity index is 2.47. The molecule has 0 bridgehead atoms. The molecule has 0 aromatic carbocycles. The molecule has 2 aromatic heterocycles. The zero-order valence-corrected chi connectivity index (χ0v) is 8.72. The number of aromatic amines is 1. The van der Waals surface area contributed by atoms with Crippen molar-refractivity contribution in [1.82, 2.24) is 15.2 Å². The number of halogens is 1. The maximum Gasteiger partial charge on any atom is 0.322 e. The molecule has 6 heteroatoms. The summed E-state index contributed by atoms with van der Waals surface area (Å²) in [4.78, 5) is 14.7. The number of hydrogen-bond acceptors (Lipinski definition) is 4. The number of hydrogen-bond donors (Lipinski definition) is 1. The first kappa shape index (κ1) is 8.58. The van der Waals surface area contributed by atoms with E-state index >= 15 is 0 Å². The van der Waals surface area contributed by atoms with Crippen molar-refractivity contribution in [3.63, 3.8) is 0 Å². The van der Waals surface area contributed by atoms with Crippen molar-refractivity contribution in [1.29, 1.82) is 0 Å². The van der Waals surface area contributed by atoms with Crippen LogP contribution in [-0.4, -0.2) is 15.2 Å². The number of rotatable bonds is 1. The smallest absolute Gasteiger partial charge is 0.255 e. The van der Waals surface area contributed by atoms with E-state index in [1.807, 2.05) is 6.07 Å². The fourth-order valence-electron chi connectivity index (χ4n) is 0.856. The zero-order chi connectivity index (χ0) is 9.26. The molecule has 13 heavy (non-hydrogen) atoms. The summed E-state index contributed by atoms with van der Waals surface area (Å²) in [5, 5.41) is 6.85. The lowest BCUT2D eigenvalue weighted by atomic mass is 10.3. The number of aromatic nitrogens is 3. The average molecular weight is 258 g/mol. The van der Waals surface area contributed by atoms with Gasteiger partial charge in [0.1, 0.15) is 9.61 Å². The SMILES string of the molecule is O=c1[nH]nc(-c2ccc(Br)nc2)s1. The van der Waals surface area contributed by atoms with Crippen LogP contribution in [0, 0.1) is 0 Å². The fraction of sp³-hybridized carbons (Fsp3) is 0. The monoisotopic (exact) mass is 257 g/mol. The van der Waals surface area contributed by atoms with Crippen LogP contribution < -0.4 is 4.87 Å². The van der Waals surface area contributed by atoms with E-state index in [4.69, 9.17) is 0 Å². The topological polar surface area (TPSA) is 58.6 Å². The highest BCUT2D eigenvalue weighted by atomic mass is 79.9. The maximum atomic E-state index is 10.8. The van der Waals surface area contributed by atoms with E-state index in [0.717, 1.165) is 21.5 Å². The molecule has 0 radical (unpaired) electrons. The van der Waals surface area contributed by atoms with E-state index in [2.05, 4.69) is 31.1 Å². The van der Waals surface area contributed by atoms with Crippen LogP contribution in [0.1, 0.15) is 0 Å². The third-order valence-corrected chi connectivity index (χ3v) is 2.68. The minimum absolute atomic E-state index is 0.155. The van der Waals surface area contributed by atoms with Gasteiger partial charge in [0.15, 0.2) is 0 Å². The third-order valence-electron chi connectivity index (χ3n) is 1.41. The molecule has 0 spiro atoms. The van der Waals surface area contributed by atoms with Crippen LogP contribution in [-0.2, 0) is 0 Å². The van der Waals surface area contributed by atoms with Gasteiger partial charge in [-0.05, 0) is 28.1 Å². The second kappa shape index (κ2) is 3.39. The Labute approximate surface area is 85.8 Å². The third kappa shape index (κ3) is 1.84. The van der Waals surface area contributed by atoms with E-state index < -0.39 is 0 Å². The normalized spacial score (nSPS) is 10.2. The summed E-state index contributed by atoms with van der Waals surface area (Å²) in [6.07, 6.45) is 1.66. The Kier molecular flexibility index (Phi) is 2.24. The van der Waals surface area contributed by atoms with Gasteiger partial charge in [-0.2, -0.15) is 5.10 Å². The van der Waals surface area contributed by atoms with E-state index in [9.17, 15) is 4.79 Å². The van der Waals surface area contributed by atoms with Crippen LogP contribution in [0.5, 0.6) is 0 Å². The molecule has 0 amide bonds. The van der Waals surface area contributed by atoms with Crippen molar-refractivity contribution in [2.45, 2.75) is 0 Å². The molecule has 0 aliphatic heterocycles. The molecule has 0 unspecified atom stereocenters. The van der Waals surface area contributed by atoms with E-state index in [1.165, 1.54) is 0 Å². The van der Waals surface area contributed by atoms with Crippen LogP contribution in [0.2, 0.25) is 0 Å². The molecule has 0 saturated heterocycles. The van der Waals surface area contributed by atoms with Crippen LogP contribution in [0.3, 0.4) is 0 Å². The van der Waals surface area contributed by atoms with Gasteiger partial charge in [-0.3, -0.25) is 4.79 Å². The average Bonchev–Trinajstić information content (AvgIpc) is 2.53. The predicted octanol–water partition coefficient (Wildman–Crippen LogP) is 1.66. The highest BCUT2D eigenvalue weighted by Crippen LogP contribution is 2.18. The van der Waals surface area contributed by atoms with Crippen molar-refractivity contribution in [2.24, 2.45) is 0 Å². The van der Waals surface area contributed by atoms with E-state index in [-0.39, 0.29) is 4.87 Å². The summed E-state index contributed by atoms with van der Waals surface area (Å²) >= 11 is 4.29. The van der Waals surface area contributed by atoms with Gasteiger partial charge in [0.25, 0.3) is 0 Å². The Hall–Kier alpha value is -1.01. The van der Waals surface area contributed by atoms with Gasteiger partial charge in [0.05, 0.1) is 0 Å². The quantitative estimate of drug-likeness (QED) is 0.791. The van der Waals surface area contributed by atoms with Crippen molar-refractivity contribution in [3.8, 4) is 10.6 Å². The van der Waals surface area contributed by atoms with Crippen molar-refractivity contribution < 1.29 is 0 Å². The first-order valence-electron chi connectivity index (χ1n) is 3.43. The molecular formula is C7H4BrN3OS. The zero-order valence-electron chi connectivity index (χ0n) is 6.32. The van der Waals surface area contributed by atoms with Crippen LogP contribution in [0.25, 0.3) is 10.6 Å². The molecule has 0 aliphatic carbocycles. The summed E-state index contributed by atoms with van der Waals surface area (Å²) in [5.41, 5.74) is 0.839. The van der Waals surface area contributed by atoms with Gasteiger partial charge < -0.3 is 0 Å². The minimum atomic E-state index is -0.155. The summed E-state index contributed by atoms with van der Waals surface area (Å²) in [6, 6.07) is 3.66. The molecule has 2 rings (SSSR count). The first-order valence-corrected chi connectivity index (χ1v) is 5.04. The molecule has 2 aromatic rings. The molecule has 1 N–H and O–H groups in total. The van der Waals surface area contributed by atoms with Gasteiger partial charge in [-0.25, -0.2) is 10.1 Å². The fourth-order valence-corrected chi connectivity index (χ4v) is 1.69. The highest BCUT2D eigenvalue weighted by Gasteiger charge is 2.02. The molecule has 2 heterocycles. The van der Waals surface area contributed by atoms with Crippen molar-refractivity contribution >= 4 is 27.3 Å². The van der Waals surface area contributed by atoms with Gasteiger partial charge in [0.2, 0.25) is 0 Å². The summed E-state index contributed by atoms with van der Waals surface area (Å²) in [7, 11) is 0. The summed E-state index contributed by atoms with van der Waals surface area (Å²) in [6.45, 7) is 0. The maximum absolute atomic E-state index is 10.8. The van der Waals surface area contributed by atoms with Crippen LogP contribution in [0.15, 0.2) is 27.7 Å². The van der Waals surface area contributed by atoms with Gasteiger partial charge in [-0.1, -0.05) is 11.3 Å². The molecule has 66 valence electrons. The minimum Gasteiger partial charge on any atom is -0.255 e. The molecule has 0 atom stereocenters. The second-order valence-corrected chi connectivity index (χ2v) is 4.06. The standard InChI is InChI=1S/C7H4BrN3OS/c8-5-2-1-4(3-9-5)6-10-11-7(12)13-6/h1-3H,(H,11,12).